The van der Waals surface area contributed by atoms with Gasteiger partial charge in [-0.2, -0.15) is 0 Å². The zero-order chi connectivity index (χ0) is 26.2. The van der Waals surface area contributed by atoms with Gasteiger partial charge in [0, 0.05) is 5.56 Å². The zero-order valence-corrected chi connectivity index (χ0v) is 21.4. The lowest BCUT2D eigenvalue weighted by Gasteiger charge is -2.29. The molecule has 3 aromatic rings. The molecule has 0 unspecified atom stereocenters. The van der Waals surface area contributed by atoms with Crippen LogP contribution in [0.4, 0.5) is 13.2 Å². The third kappa shape index (κ3) is 6.76. The van der Waals surface area contributed by atoms with E-state index < -0.39 is 11.6 Å². The quantitative estimate of drug-likeness (QED) is 0.190. The van der Waals surface area contributed by atoms with Crippen LogP contribution in [0.2, 0.25) is 0 Å². The van der Waals surface area contributed by atoms with Crippen molar-refractivity contribution in [3.8, 4) is 22.6 Å². The van der Waals surface area contributed by atoms with Gasteiger partial charge in [-0.25, -0.2) is 13.2 Å². The van der Waals surface area contributed by atoms with Crippen molar-refractivity contribution in [1.82, 2.24) is 0 Å². The largest absolute Gasteiger partial charge is 0.494 e. The van der Waals surface area contributed by atoms with Gasteiger partial charge < -0.3 is 9.47 Å². The molecule has 0 aliphatic heterocycles. The fourth-order valence-corrected chi connectivity index (χ4v) is 5.20. The second-order valence-electron chi connectivity index (χ2n) is 9.73. The average Bonchev–Trinajstić information content (AvgIpc) is 2.91. The van der Waals surface area contributed by atoms with E-state index in [-0.39, 0.29) is 23.0 Å². The third-order valence-corrected chi connectivity index (χ3v) is 7.29. The first-order valence-electron chi connectivity index (χ1n) is 13.2. The maximum Gasteiger partial charge on any atom is 0.166 e. The van der Waals surface area contributed by atoms with Crippen LogP contribution in [0.5, 0.6) is 11.5 Å². The maximum absolute atomic E-state index is 15.1. The Morgan fingerprint density at radius 2 is 1.65 bits per heavy atom. The lowest BCUT2D eigenvalue weighted by Crippen LogP contribution is -2.15. The Labute approximate surface area is 218 Å². The van der Waals surface area contributed by atoms with Crippen LogP contribution in [0.3, 0.4) is 0 Å². The standard InChI is InChI=1S/C32H35F3O2/c1-3-5-20-37-30-19-10-23(21-29(30)33)7-6-22-8-11-24(12-9-22)27-17-18-28(32(35)31(27)34)25-13-15-26(16-14-25)36-4-2/h3,10,13-19,21-22,24H,1,4-9,11-12,20H2,2H3. The molecule has 0 atom stereocenters. The molecule has 3 aromatic carbocycles. The van der Waals surface area contributed by atoms with Gasteiger partial charge in [0.15, 0.2) is 23.2 Å². The summed E-state index contributed by atoms with van der Waals surface area (Å²) in [7, 11) is 0. The van der Waals surface area contributed by atoms with E-state index in [0.717, 1.165) is 44.1 Å². The molecule has 0 radical (unpaired) electrons. The van der Waals surface area contributed by atoms with Gasteiger partial charge in [0.25, 0.3) is 0 Å². The number of hydrogen-bond donors (Lipinski definition) is 0. The highest BCUT2D eigenvalue weighted by Gasteiger charge is 2.26. The second kappa shape index (κ2) is 12.8. The van der Waals surface area contributed by atoms with E-state index >= 15 is 8.78 Å². The first kappa shape index (κ1) is 26.8. The molecular weight excluding hydrogens is 473 g/mol. The molecule has 37 heavy (non-hydrogen) atoms. The SMILES string of the molecule is C=CCCOc1ccc(CCC2CCC(c3ccc(-c4ccc(OCC)cc4)c(F)c3F)CC2)cc1F. The minimum Gasteiger partial charge on any atom is -0.494 e. The average molecular weight is 509 g/mol. The highest BCUT2D eigenvalue weighted by atomic mass is 19.2. The fraction of sp³-hybridized carbons (Fsp3) is 0.375. The lowest BCUT2D eigenvalue weighted by atomic mass is 9.76. The van der Waals surface area contributed by atoms with Crippen LogP contribution in [-0.2, 0) is 6.42 Å². The summed E-state index contributed by atoms with van der Waals surface area (Å²) >= 11 is 0. The van der Waals surface area contributed by atoms with E-state index in [1.807, 2.05) is 13.0 Å². The van der Waals surface area contributed by atoms with Crippen LogP contribution < -0.4 is 9.47 Å². The first-order chi connectivity index (χ1) is 18.0. The molecule has 5 heteroatoms. The number of ether oxygens (including phenoxy) is 2. The van der Waals surface area contributed by atoms with Gasteiger partial charge in [-0.1, -0.05) is 36.4 Å². The van der Waals surface area contributed by atoms with Crippen LogP contribution in [-0.4, -0.2) is 13.2 Å². The van der Waals surface area contributed by atoms with Crippen LogP contribution in [0.1, 0.15) is 62.5 Å². The summed E-state index contributed by atoms with van der Waals surface area (Å²) in [4.78, 5) is 0. The topological polar surface area (TPSA) is 18.5 Å². The van der Waals surface area contributed by atoms with Gasteiger partial charge in [0.1, 0.15) is 5.75 Å². The number of hydrogen-bond acceptors (Lipinski definition) is 2. The van der Waals surface area contributed by atoms with Crippen molar-refractivity contribution in [1.29, 1.82) is 0 Å². The molecular formula is C32H35F3O2. The Kier molecular flexibility index (Phi) is 9.32. The van der Waals surface area contributed by atoms with E-state index in [4.69, 9.17) is 9.47 Å². The predicted molar refractivity (Wildman–Crippen MR) is 143 cm³/mol. The molecule has 0 aromatic heterocycles. The van der Waals surface area contributed by atoms with Crippen molar-refractivity contribution < 1.29 is 22.6 Å². The number of aryl methyl sites for hydroxylation is 1. The molecule has 2 nitrogen and oxygen atoms in total. The van der Waals surface area contributed by atoms with E-state index in [2.05, 4.69) is 6.58 Å². The van der Waals surface area contributed by atoms with Crippen molar-refractivity contribution >= 4 is 0 Å². The summed E-state index contributed by atoms with van der Waals surface area (Å²) in [6.45, 7) is 6.50. The number of benzene rings is 3. The molecule has 0 amide bonds. The predicted octanol–water partition coefficient (Wildman–Crippen LogP) is 9.03. The molecule has 4 rings (SSSR count). The minimum atomic E-state index is -0.789. The molecule has 1 aliphatic carbocycles. The van der Waals surface area contributed by atoms with Gasteiger partial charge in [-0.05, 0) is 105 Å². The number of rotatable bonds is 11. The van der Waals surface area contributed by atoms with E-state index in [0.29, 0.717) is 42.4 Å². The molecule has 196 valence electrons. The zero-order valence-electron chi connectivity index (χ0n) is 21.4. The van der Waals surface area contributed by atoms with Crippen LogP contribution in [0, 0.1) is 23.4 Å². The van der Waals surface area contributed by atoms with Crippen LogP contribution >= 0.6 is 0 Å². The highest BCUT2D eigenvalue weighted by Crippen LogP contribution is 2.40. The summed E-state index contributed by atoms with van der Waals surface area (Å²) in [5.41, 5.74) is 2.32. The Balaban J connectivity index is 1.31. The molecule has 0 saturated heterocycles. The Morgan fingerprint density at radius 3 is 2.32 bits per heavy atom. The summed E-state index contributed by atoms with van der Waals surface area (Å²) in [6.07, 6.45) is 7.73. The van der Waals surface area contributed by atoms with Gasteiger partial charge in [0.05, 0.1) is 13.2 Å². The summed E-state index contributed by atoms with van der Waals surface area (Å²) in [5, 5.41) is 0. The van der Waals surface area contributed by atoms with Gasteiger partial charge in [-0.15, -0.1) is 6.58 Å². The normalized spacial score (nSPS) is 17.4. The second-order valence-corrected chi connectivity index (χ2v) is 9.73. The van der Waals surface area contributed by atoms with E-state index in [1.54, 1.807) is 54.6 Å². The van der Waals surface area contributed by atoms with Crippen molar-refractivity contribution in [2.45, 2.75) is 57.8 Å². The Morgan fingerprint density at radius 1 is 0.892 bits per heavy atom. The minimum absolute atomic E-state index is 0.0181. The molecule has 1 aliphatic rings. The maximum atomic E-state index is 15.1. The number of halogens is 3. The Bertz CT molecular complexity index is 1180. The van der Waals surface area contributed by atoms with E-state index in [1.165, 1.54) is 0 Å². The molecule has 0 bridgehead atoms. The summed E-state index contributed by atoms with van der Waals surface area (Å²) in [6, 6.07) is 15.6. The van der Waals surface area contributed by atoms with Gasteiger partial charge >= 0.3 is 0 Å². The molecule has 1 saturated carbocycles. The van der Waals surface area contributed by atoms with Gasteiger partial charge in [-0.3, -0.25) is 0 Å². The van der Waals surface area contributed by atoms with E-state index in [9.17, 15) is 4.39 Å². The summed E-state index contributed by atoms with van der Waals surface area (Å²) in [5.74, 6) is -0.367. The summed E-state index contributed by atoms with van der Waals surface area (Å²) < 4.78 is 55.3. The first-order valence-corrected chi connectivity index (χ1v) is 13.2. The van der Waals surface area contributed by atoms with Crippen LogP contribution in [0.25, 0.3) is 11.1 Å². The third-order valence-electron chi connectivity index (χ3n) is 7.29. The van der Waals surface area contributed by atoms with Crippen LogP contribution in [0.15, 0.2) is 67.3 Å². The van der Waals surface area contributed by atoms with Crippen molar-refractivity contribution in [2.24, 2.45) is 5.92 Å². The van der Waals surface area contributed by atoms with Crippen molar-refractivity contribution in [2.75, 3.05) is 13.2 Å². The molecule has 1 fully saturated rings. The van der Waals surface area contributed by atoms with Crippen molar-refractivity contribution in [3.05, 3.63) is 95.8 Å². The van der Waals surface area contributed by atoms with Gasteiger partial charge in [0.2, 0.25) is 0 Å². The molecule has 0 N–H and O–H groups in total. The highest BCUT2D eigenvalue weighted by molar-refractivity contribution is 5.65. The molecule has 0 heterocycles. The smallest absolute Gasteiger partial charge is 0.166 e. The van der Waals surface area contributed by atoms with Crippen molar-refractivity contribution in [3.63, 3.8) is 0 Å². The molecule has 0 spiro atoms. The Hall–Kier alpha value is -3.21. The lowest BCUT2D eigenvalue weighted by molar-refractivity contribution is 0.303. The fourth-order valence-electron chi connectivity index (χ4n) is 5.20. The monoisotopic (exact) mass is 508 g/mol.